The monoisotopic (exact) mass is 414 g/mol. The first-order chi connectivity index (χ1) is 11.3. The van der Waals surface area contributed by atoms with Gasteiger partial charge in [-0.1, -0.05) is 27.5 Å². The zero-order valence-electron chi connectivity index (χ0n) is 11.6. The molecule has 0 saturated heterocycles. The molecular weight excluding hydrogens is 408 g/mol. The van der Waals surface area contributed by atoms with Crippen molar-refractivity contribution < 1.29 is 15.0 Å². The molecule has 2 aromatic carbocycles. The predicted octanol–water partition coefficient (Wildman–Crippen LogP) is 4.07. The summed E-state index contributed by atoms with van der Waals surface area (Å²) in [7, 11) is 0. The largest absolute Gasteiger partial charge is 0.506 e. The lowest BCUT2D eigenvalue weighted by molar-refractivity contribution is -0.393. The van der Waals surface area contributed by atoms with Crippen LogP contribution in [0, 0.1) is 20.2 Å². The molecule has 0 amide bonds. The van der Waals surface area contributed by atoms with Crippen LogP contribution < -0.4 is 5.43 Å². The van der Waals surface area contributed by atoms with Gasteiger partial charge in [0.1, 0.15) is 11.4 Å². The predicted molar refractivity (Wildman–Crippen MR) is 91.8 cm³/mol. The highest BCUT2D eigenvalue weighted by molar-refractivity contribution is 9.10. The topological polar surface area (TPSA) is 131 Å². The Balaban J connectivity index is 2.29. The third kappa shape index (κ3) is 3.97. The van der Waals surface area contributed by atoms with E-state index in [-0.39, 0.29) is 22.0 Å². The van der Waals surface area contributed by atoms with Crippen molar-refractivity contribution in [2.24, 2.45) is 5.10 Å². The molecule has 2 N–H and O–H groups in total. The number of aromatic hydroxyl groups is 1. The van der Waals surface area contributed by atoms with Crippen LogP contribution in [-0.2, 0) is 0 Å². The fourth-order valence-corrected chi connectivity index (χ4v) is 2.57. The second kappa shape index (κ2) is 7.23. The highest BCUT2D eigenvalue weighted by Crippen LogP contribution is 2.31. The number of hydrogen-bond acceptors (Lipinski definition) is 7. The molecule has 0 aromatic heterocycles. The summed E-state index contributed by atoms with van der Waals surface area (Å²) in [5, 5.41) is 35.4. The van der Waals surface area contributed by atoms with Gasteiger partial charge in [0.25, 0.3) is 5.69 Å². The van der Waals surface area contributed by atoms with E-state index < -0.39 is 21.2 Å². The van der Waals surface area contributed by atoms with Crippen molar-refractivity contribution in [3.8, 4) is 5.75 Å². The smallest absolute Gasteiger partial charge is 0.301 e. The van der Waals surface area contributed by atoms with Crippen molar-refractivity contribution in [3.63, 3.8) is 0 Å². The van der Waals surface area contributed by atoms with Crippen molar-refractivity contribution in [1.29, 1.82) is 0 Å². The number of benzene rings is 2. The maximum absolute atomic E-state index is 11.0. The van der Waals surface area contributed by atoms with Gasteiger partial charge in [-0.2, -0.15) is 5.10 Å². The minimum absolute atomic E-state index is 0.0394. The standard InChI is InChI=1S/C13H8BrClN4O5/c14-8-3-7(13(20)10(15)4-8)6-16-17-11-2-1-9(18(21)22)5-12(11)19(23)24/h1-6,17,20H. The van der Waals surface area contributed by atoms with Gasteiger partial charge in [0.2, 0.25) is 0 Å². The van der Waals surface area contributed by atoms with E-state index in [1.54, 1.807) is 0 Å². The minimum Gasteiger partial charge on any atom is -0.506 e. The molecule has 124 valence electrons. The Morgan fingerprint density at radius 1 is 1.21 bits per heavy atom. The SMILES string of the molecule is O=[N+]([O-])c1ccc(NN=Cc2cc(Br)cc(Cl)c2O)c([N+](=O)[O-])c1. The minimum atomic E-state index is -0.766. The van der Waals surface area contributed by atoms with Crippen LogP contribution in [0.1, 0.15) is 5.56 Å². The number of anilines is 1. The molecule has 0 spiro atoms. The average molecular weight is 416 g/mol. The summed E-state index contributed by atoms with van der Waals surface area (Å²) in [6.07, 6.45) is 1.21. The quantitative estimate of drug-likeness (QED) is 0.430. The highest BCUT2D eigenvalue weighted by atomic mass is 79.9. The Labute approximate surface area is 148 Å². The Morgan fingerprint density at radius 3 is 2.54 bits per heavy atom. The van der Waals surface area contributed by atoms with E-state index in [9.17, 15) is 25.3 Å². The molecule has 0 atom stereocenters. The number of nitrogens with zero attached hydrogens (tertiary/aromatic N) is 3. The second-order valence-corrected chi connectivity index (χ2v) is 5.73. The average Bonchev–Trinajstić information content (AvgIpc) is 2.51. The van der Waals surface area contributed by atoms with E-state index in [0.29, 0.717) is 4.47 Å². The normalized spacial score (nSPS) is 10.8. The van der Waals surface area contributed by atoms with Gasteiger partial charge in [-0.3, -0.25) is 25.7 Å². The van der Waals surface area contributed by atoms with E-state index in [1.807, 2.05) is 0 Å². The molecule has 0 bridgehead atoms. The van der Waals surface area contributed by atoms with Crippen LogP contribution in [-0.4, -0.2) is 21.2 Å². The zero-order chi connectivity index (χ0) is 17.9. The molecule has 0 saturated carbocycles. The molecule has 0 fully saturated rings. The number of hydrogen-bond donors (Lipinski definition) is 2. The van der Waals surface area contributed by atoms with Crippen molar-refractivity contribution in [1.82, 2.24) is 0 Å². The van der Waals surface area contributed by atoms with Gasteiger partial charge >= 0.3 is 5.69 Å². The summed E-state index contributed by atoms with van der Waals surface area (Å²) in [5.41, 5.74) is 1.73. The van der Waals surface area contributed by atoms with E-state index in [2.05, 4.69) is 26.5 Å². The molecule has 0 aliphatic carbocycles. The van der Waals surface area contributed by atoms with Crippen LogP contribution in [0.5, 0.6) is 5.75 Å². The van der Waals surface area contributed by atoms with Gasteiger partial charge in [-0.05, 0) is 18.2 Å². The lowest BCUT2D eigenvalue weighted by atomic mass is 10.2. The first kappa shape index (κ1) is 17.6. The van der Waals surface area contributed by atoms with Crippen LogP contribution in [0.4, 0.5) is 17.1 Å². The fourth-order valence-electron chi connectivity index (χ4n) is 1.73. The van der Waals surface area contributed by atoms with Gasteiger partial charge in [0.15, 0.2) is 0 Å². The molecule has 11 heteroatoms. The number of rotatable bonds is 5. The van der Waals surface area contributed by atoms with Gasteiger partial charge in [0.05, 0.1) is 27.2 Å². The van der Waals surface area contributed by atoms with Gasteiger partial charge in [-0.15, -0.1) is 0 Å². The summed E-state index contributed by atoms with van der Waals surface area (Å²) >= 11 is 9.02. The van der Waals surface area contributed by atoms with Crippen LogP contribution in [0.15, 0.2) is 39.9 Å². The number of non-ortho nitro benzene ring substituents is 1. The summed E-state index contributed by atoms with van der Waals surface area (Å²) in [4.78, 5) is 20.2. The zero-order valence-corrected chi connectivity index (χ0v) is 14.0. The second-order valence-electron chi connectivity index (χ2n) is 4.41. The summed E-state index contributed by atoms with van der Waals surface area (Å²) in [6, 6.07) is 6.13. The van der Waals surface area contributed by atoms with Gasteiger partial charge < -0.3 is 5.11 Å². The summed E-state index contributed by atoms with van der Waals surface area (Å²) in [5.74, 6) is -0.205. The Hall–Kier alpha value is -2.72. The Morgan fingerprint density at radius 2 is 1.92 bits per heavy atom. The number of phenolic OH excluding ortho intramolecular Hbond substituents is 1. The number of nitro groups is 2. The molecule has 0 aliphatic heterocycles. The molecule has 0 aliphatic rings. The molecule has 2 aromatic rings. The number of hydrazone groups is 1. The third-order valence-corrected chi connectivity index (χ3v) is 3.58. The summed E-state index contributed by atoms with van der Waals surface area (Å²) < 4.78 is 0.605. The van der Waals surface area contributed by atoms with Crippen LogP contribution in [0.3, 0.4) is 0 Å². The van der Waals surface area contributed by atoms with Crippen LogP contribution in [0.25, 0.3) is 0 Å². The molecule has 0 unspecified atom stereocenters. The van der Waals surface area contributed by atoms with E-state index in [4.69, 9.17) is 11.6 Å². The van der Waals surface area contributed by atoms with Crippen molar-refractivity contribution in [3.05, 3.63) is 65.6 Å². The number of nitrogens with one attached hydrogen (secondary N) is 1. The molecule has 0 heterocycles. The molecular formula is C13H8BrClN4O5. The van der Waals surface area contributed by atoms with Crippen LogP contribution >= 0.6 is 27.5 Å². The number of phenols is 1. The van der Waals surface area contributed by atoms with Crippen LogP contribution in [0.2, 0.25) is 5.02 Å². The molecule has 24 heavy (non-hydrogen) atoms. The fraction of sp³-hybridized carbons (Fsp3) is 0. The highest BCUT2D eigenvalue weighted by Gasteiger charge is 2.19. The van der Waals surface area contributed by atoms with E-state index in [1.165, 1.54) is 24.4 Å². The number of halogens is 2. The summed E-state index contributed by atoms with van der Waals surface area (Å²) in [6.45, 7) is 0. The number of nitro benzene ring substituents is 2. The van der Waals surface area contributed by atoms with E-state index in [0.717, 1.165) is 12.1 Å². The maximum Gasteiger partial charge on any atom is 0.301 e. The van der Waals surface area contributed by atoms with E-state index >= 15 is 0 Å². The van der Waals surface area contributed by atoms with Crippen molar-refractivity contribution in [2.75, 3.05) is 5.43 Å². The Kier molecular flexibility index (Phi) is 5.31. The first-order valence-electron chi connectivity index (χ1n) is 6.19. The lowest BCUT2D eigenvalue weighted by Gasteiger charge is -2.04. The molecule has 0 radical (unpaired) electrons. The lowest BCUT2D eigenvalue weighted by Crippen LogP contribution is -1.99. The molecule has 2 rings (SSSR count). The van der Waals surface area contributed by atoms with Gasteiger partial charge in [-0.25, -0.2) is 0 Å². The van der Waals surface area contributed by atoms with Crippen molar-refractivity contribution >= 4 is 50.8 Å². The van der Waals surface area contributed by atoms with Gasteiger partial charge in [0, 0.05) is 16.1 Å². The first-order valence-corrected chi connectivity index (χ1v) is 7.36. The maximum atomic E-state index is 11.0. The third-order valence-electron chi connectivity index (χ3n) is 2.84. The molecule has 9 nitrogen and oxygen atoms in total. The Bertz CT molecular complexity index is 858. The van der Waals surface area contributed by atoms with Crippen molar-refractivity contribution in [2.45, 2.75) is 0 Å².